The predicted molar refractivity (Wildman–Crippen MR) is 122 cm³/mol. The molecule has 0 aliphatic rings. The number of hydrogen-bond acceptors (Lipinski definition) is 6. The standard InChI is InChI=1S/C25H28N2O6/c1-16(28)21(26-24(32)22(30)23(31)25(33)27(2)3)20(29)15-19-13-11-18(12-14-19)10-9-17-7-5-4-6-8-17/h4-8,11-14,16,21-23,28,30-31H,15H2,1-3H3,(H,26,32)/t16-,21+,22+,23+/m0/s1. The highest BCUT2D eigenvalue weighted by Gasteiger charge is 2.34. The van der Waals surface area contributed by atoms with E-state index in [0.717, 1.165) is 16.0 Å². The smallest absolute Gasteiger partial charge is 0.254 e. The van der Waals surface area contributed by atoms with Gasteiger partial charge in [0.25, 0.3) is 11.8 Å². The number of aliphatic hydroxyl groups excluding tert-OH is 3. The van der Waals surface area contributed by atoms with Gasteiger partial charge in [-0.25, -0.2) is 0 Å². The van der Waals surface area contributed by atoms with Crippen molar-refractivity contribution in [3.8, 4) is 11.8 Å². The van der Waals surface area contributed by atoms with E-state index in [2.05, 4.69) is 17.2 Å². The van der Waals surface area contributed by atoms with Gasteiger partial charge in [0.15, 0.2) is 18.0 Å². The van der Waals surface area contributed by atoms with Crippen molar-refractivity contribution < 1.29 is 29.7 Å². The van der Waals surface area contributed by atoms with Crippen molar-refractivity contribution in [1.29, 1.82) is 0 Å². The summed E-state index contributed by atoms with van der Waals surface area (Å²) in [7, 11) is 2.72. The third kappa shape index (κ3) is 7.54. The van der Waals surface area contributed by atoms with Gasteiger partial charge in [-0.1, -0.05) is 42.2 Å². The molecule has 0 bridgehead atoms. The van der Waals surface area contributed by atoms with Crippen LogP contribution in [-0.4, -0.2) is 76.3 Å². The minimum Gasteiger partial charge on any atom is -0.391 e. The molecular weight excluding hydrogens is 424 g/mol. The Kier molecular flexibility index (Phi) is 9.30. The number of aliphatic hydroxyl groups is 3. The van der Waals surface area contributed by atoms with Crippen LogP contribution in [0.4, 0.5) is 0 Å². The van der Waals surface area contributed by atoms with Crippen molar-refractivity contribution >= 4 is 17.6 Å². The normalized spacial score (nSPS) is 14.1. The van der Waals surface area contributed by atoms with Crippen molar-refractivity contribution in [1.82, 2.24) is 10.2 Å². The Morgan fingerprint density at radius 1 is 0.879 bits per heavy atom. The van der Waals surface area contributed by atoms with E-state index in [1.807, 2.05) is 30.3 Å². The lowest BCUT2D eigenvalue weighted by atomic mass is 9.99. The summed E-state index contributed by atoms with van der Waals surface area (Å²) in [5.74, 6) is 3.57. The number of rotatable bonds is 8. The highest BCUT2D eigenvalue weighted by Crippen LogP contribution is 2.09. The molecule has 4 N–H and O–H groups in total. The Morgan fingerprint density at radius 2 is 1.42 bits per heavy atom. The average Bonchev–Trinajstić information content (AvgIpc) is 2.80. The summed E-state index contributed by atoms with van der Waals surface area (Å²) in [4.78, 5) is 37.7. The van der Waals surface area contributed by atoms with Crippen LogP contribution in [0.25, 0.3) is 0 Å². The van der Waals surface area contributed by atoms with E-state index in [-0.39, 0.29) is 6.42 Å². The van der Waals surface area contributed by atoms with Crippen LogP contribution in [0.2, 0.25) is 0 Å². The summed E-state index contributed by atoms with van der Waals surface area (Å²) < 4.78 is 0. The molecule has 0 aromatic heterocycles. The van der Waals surface area contributed by atoms with Crippen molar-refractivity contribution in [3.05, 3.63) is 71.3 Å². The van der Waals surface area contributed by atoms with Crippen LogP contribution in [-0.2, 0) is 20.8 Å². The molecule has 8 nitrogen and oxygen atoms in total. The zero-order valence-electron chi connectivity index (χ0n) is 18.7. The van der Waals surface area contributed by atoms with Crippen molar-refractivity contribution in [3.63, 3.8) is 0 Å². The van der Waals surface area contributed by atoms with E-state index < -0.39 is 42.0 Å². The zero-order valence-corrected chi connectivity index (χ0v) is 18.7. The summed E-state index contributed by atoms with van der Waals surface area (Å²) >= 11 is 0. The van der Waals surface area contributed by atoms with Gasteiger partial charge in [0.2, 0.25) is 0 Å². The van der Waals surface area contributed by atoms with Crippen LogP contribution in [0, 0.1) is 11.8 Å². The molecule has 2 rings (SSSR count). The largest absolute Gasteiger partial charge is 0.391 e. The minimum atomic E-state index is -2.09. The number of likely N-dealkylation sites (N-methyl/N-ethyl adjacent to an activating group) is 1. The Balaban J connectivity index is 2.03. The van der Waals surface area contributed by atoms with Crippen LogP contribution in [0.3, 0.4) is 0 Å². The van der Waals surface area contributed by atoms with Gasteiger partial charge in [-0.15, -0.1) is 0 Å². The third-order valence-electron chi connectivity index (χ3n) is 4.85. The second-order valence-electron chi connectivity index (χ2n) is 7.81. The summed E-state index contributed by atoms with van der Waals surface area (Å²) in [6.07, 6.45) is -5.42. The molecule has 2 aromatic rings. The fourth-order valence-corrected chi connectivity index (χ4v) is 2.93. The maximum Gasteiger partial charge on any atom is 0.254 e. The van der Waals surface area contributed by atoms with Crippen LogP contribution < -0.4 is 5.32 Å². The van der Waals surface area contributed by atoms with E-state index in [0.29, 0.717) is 5.56 Å². The molecule has 0 saturated carbocycles. The number of Topliss-reactive ketones (excluding diaryl/α,β-unsaturated/α-hetero) is 1. The van der Waals surface area contributed by atoms with Gasteiger partial charge in [-0.05, 0) is 36.8 Å². The van der Waals surface area contributed by atoms with E-state index in [1.54, 1.807) is 24.3 Å². The third-order valence-corrected chi connectivity index (χ3v) is 4.85. The summed E-state index contributed by atoms with van der Waals surface area (Å²) in [6.45, 7) is 1.32. The monoisotopic (exact) mass is 452 g/mol. The van der Waals surface area contributed by atoms with Gasteiger partial charge in [-0.3, -0.25) is 14.4 Å². The number of hydrogen-bond donors (Lipinski definition) is 4. The Labute approximate surface area is 192 Å². The molecule has 0 spiro atoms. The van der Waals surface area contributed by atoms with Gasteiger partial charge in [0.1, 0.15) is 6.04 Å². The van der Waals surface area contributed by atoms with E-state index in [9.17, 15) is 29.7 Å². The highest BCUT2D eigenvalue weighted by molar-refractivity contribution is 5.95. The number of benzene rings is 2. The molecule has 0 heterocycles. The van der Waals surface area contributed by atoms with E-state index in [1.165, 1.54) is 21.0 Å². The van der Waals surface area contributed by atoms with Gasteiger partial charge >= 0.3 is 0 Å². The van der Waals surface area contributed by atoms with Crippen LogP contribution >= 0.6 is 0 Å². The zero-order chi connectivity index (χ0) is 24.5. The van der Waals surface area contributed by atoms with E-state index in [4.69, 9.17) is 0 Å². The molecule has 0 aliphatic carbocycles. The lowest BCUT2D eigenvalue weighted by molar-refractivity contribution is -0.152. The fourth-order valence-electron chi connectivity index (χ4n) is 2.93. The minimum absolute atomic E-state index is 0.0858. The van der Waals surface area contributed by atoms with Crippen LogP contribution in [0.15, 0.2) is 54.6 Å². The summed E-state index contributed by atoms with van der Waals surface area (Å²) in [5.41, 5.74) is 2.29. The molecule has 33 heavy (non-hydrogen) atoms. The molecule has 0 radical (unpaired) electrons. The first-order valence-electron chi connectivity index (χ1n) is 10.3. The quantitative estimate of drug-likeness (QED) is 0.414. The van der Waals surface area contributed by atoms with Crippen LogP contribution in [0.1, 0.15) is 23.6 Å². The topological polar surface area (TPSA) is 127 Å². The first-order chi connectivity index (χ1) is 15.6. The van der Waals surface area contributed by atoms with Crippen molar-refractivity contribution in [2.75, 3.05) is 14.1 Å². The molecular formula is C25H28N2O6. The summed E-state index contributed by atoms with van der Waals surface area (Å²) in [5, 5.41) is 32.0. The first-order valence-corrected chi connectivity index (χ1v) is 10.3. The predicted octanol–water partition coefficient (Wildman–Crippen LogP) is -0.126. The Hall–Kier alpha value is -3.51. The molecule has 0 unspecified atom stereocenters. The second kappa shape index (κ2) is 11.9. The lowest BCUT2D eigenvalue weighted by Gasteiger charge is -2.24. The molecule has 2 amide bonds. The maximum atomic E-state index is 12.7. The van der Waals surface area contributed by atoms with Crippen molar-refractivity contribution in [2.45, 2.75) is 37.7 Å². The lowest BCUT2D eigenvalue weighted by Crippen LogP contribution is -2.55. The number of nitrogens with one attached hydrogen (secondary N) is 1. The molecule has 0 fully saturated rings. The van der Waals surface area contributed by atoms with Gasteiger partial charge < -0.3 is 25.5 Å². The number of carbonyl (C=O) groups excluding carboxylic acids is 3. The van der Waals surface area contributed by atoms with Gasteiger partial charge in [0, 0.05) is 31.6 Å². The van der Waals surface area contributed by atoms with Gasteiger partial charge in [-0.2, -0.15) is 0 Å². The Bertz CT molecular complexity index is 1020. The average molecular weight is 453 g/mol. The first kappa shape index (κ1) is 25.7. The number of ketones is 1. The molecule has 2 aromatic carbocycles. The SMILES string of the molecule is C[C@H](O)[C@@H](NC(=O)[C@H](O)[C@@H](O)C(=O)N(C)C)C(=O)Cc1ccc(C#Cc2ccccc2)cc1. The van der Waals surface area contributed by atoms with Crippen molar-refractivity contribution in [2.24, 2.45) is 0 Å². The second-order valence-corrected chi connectivity index (χ2v) is 7.81. The number of carbonyl (C=O) groups is 3. The summed E-state index contributed by atoms with van der Waals surface area (Å²) in [6, 6.07) is 15.2. The molecule has 8 heteroatoms. The van der Waals surface area contributed by atoms with E-state index >= 15 is 0 Å². The maximum absolute atomic E-state index is 12.7. The van der Waals surface area contributed by atoms with Gasteiger partial charge in [0.05, 0.1) is 6.10 Å². The molecule has 0 saturated heterocycles. The molecule has 0 aliphatic heterocycles. The Morgan fingerprint density at radius 3 is 1.94 bits per heavy atom. The van der Waals surface area contributed by atoms with Crippen LogP contribution in [0.5, 0.6) is 0 Å². The number of nitrogens with zero attached hydrogens (tertiary/aromatic N) is 1. The number of amides is 2. The molecule has 174 valence electrons. The molecule has 4 atom stereocenters. The fraction of sp³-hybridized carbons (Fsp3) is 0.320. The highest BCUT2D eigenvalue weighted by atomic mass is 16.3.